The number of nitrogens with zero attached hydrogens (tertiary/aromatic N) is 5. The van der Waals surface area contributed by atoms with Gasteiger partial charge in [0.05, 0.1) is 6.04 Å². The number of aromatic amines is 1. The van der Waals surface area contributed by atoms with E-state index in [1.54, 1.807) is 17.5 Å². The number of nitrogens with one attached hydrogen (secondary N) is 2. The van der Waals surface area contributed by atoms with Gasteiger partial charge < -0.3 is 5.32 Å². The molecule has 0 radical (unpaired) electrons. The monoisotopic (exact) mass is 369 g/mol. The fourth-order valence-corrected chi connectivity index (χ4v) is 4.06. The van der Waals surface area contributed by atoms with Crippen molar-refractivity contribution < 1.29 is 0 Å². The molecule has 4 heterocycles. The maximum absolute atomic E-state index is 4.82. The molecule has 3 aromatic heterocycles. The molecule has 0 saturated carbocycles. The summed E-state index contributed by atoms with van der Waals surface area (Å²) in [5.74, 6) is 1.70. The van der Waals surface area contributed by atoms with Crippen molar-refractivity contribution in [3.05, 3.63) is 46.6 Å². The van der Waals surface area contributed by atoms with Crippen molar-refractivity contribution in [1.29, 1.82) is 0 Å². The molecule has 3 aromatic rings. The average molecular weight is 369 g/mol. The Balaban J connectivity index is 1.58. The molecule has 1 saturated heterocycles. The van der Waals surface area contributed by atoms with Crippen molar-refractivity contribution in [2.45, 2.75) is 45.7 Å². The second kappa shape index (κ2) is 7.51. The predicted octanol–water partition coefficient (Wildman–Crippen LogP) is 3.74. The van der Waals surface area contributed by atoms with Gasteiger partial charge in [0.1, 0.15) is 11.6 Å². The third-order valence-electron chi connectivity index (χ3n) is 4.57. The van der Waals surface area contributed by atoms with Crippen LogP contribution in [0.4, 0.5) is 10.9 Å². The van der Waals surface area contributed by atoms with Gasteiger partial charge in [-0.25, -0.2) is 15.0 Å². The molecule has 136 valence electrons. The number of H-pyrrole nitrogens is 1. The van der Waals surface area contributed by atoms with Crippen LogP contribution < -0.4 is 5.32 Å². The predicted molar refractivity (Wildman–Crippen MR) is 102 cm³/mol. The summed E-state index contributed by atoms with van der Waals surface area (Å²) in [6.45, 7) is 5.96. The van der Waals surface area contributed by atoms with Crippen LogP contribution in [0.25, 0.3) is 0 Å². The van der Waals surface area contributed by atoms with E-state index < -0.39 is 0 Å². The highest BCUT2D eigenvalue weighted by Gasteiger charge is 2.27. The van der Waals surface area contributed by atoms with E-state index in [4.69, 9.17) is 9.97 Å². The minimum atomic E-state index is 0.227. The minimum absolute atomic E-state index is 0.227. The van der Waals surface area contributed by atoms with Gasteiger partial charge in [-0.15, -0.1) is 11.3 Å². The Labute approximate surface area is 156 Å². The molecule has 1 fully saturated rings. The van der Waals surface area contributed by atoms with Gasteiger partial charge in [-0.05, 0) is 39.3 Å². The number of aromatic nitrogens is 5. The van der Waals surface area contributed by atoms with Crippen LogP contribution in [0.5, 0.6) is 0 Å². The Kier molecular flexibility index (Phi) is 4.94. The van der Waals surface area contributed by atoms with Crippen LogP contribution in [0.2, 0.25) is 0 Å². The number of thiazole rings is 1. The molecule has 26 heavy (non-hydrogen) atoms. The summed E-state index contributed by atoms with van der Waals surface area (Å²) in [6, 6.07) is 4.23. The van der Waals surface area contributed by atoms with Crippen LogP contribution in [0.15, 0.2) is 24.5 Å². The van der Waals surface area contributed by atoms with E-state index in [9.17, 15) is 0 Å². The molecule has 0 amide bonds. The molecule has 1 unspecified atom stereocenters. The Morgan fingerprint density at radius 2 is 2.23 bits per heavy atom. The van der Waals surface area contributed by atoms with Gasteiger partial charge in [-0.3, -0.25) is 10.00 Å². The van der Waals surface area contributed by atoms with E-state index in [1.807, 2.05) is 25.3 Å². The van der Waals surface area contributed by atoms with E-state index in [2.05, 4.69) is 32.3 Å². The van der Waals surface area contributed by atoms with Gasteiger partial charge in [0.2, 0.25) is 0 Å². The van der Waals surface area contributed by atoms with Crippen LogP contribution in [-0.2, 0) is 6.54 Å². The Bertz CT molecular complexity index is 858. The molecule has 7 nitrogen and oxygen atoms in total. The number of rotatable bonds is 5. The summed E-state index contributed by atoms with van der Waals surface area (Å²) in [5.41, 5.74) is 2.10. The summed E-state index contributed by atoms with van der Waals surface area (Å²) in [7, 11) is 0. The second-order valence-corrected chi connectivity index (χ2v) is 7.95. The maximum atomic E-state index is 4.82. The largest absolute Gasteiger partial charge is 0.316 e. The summed E-state index contributed by atoms with van der Waals surface area (Å²) in [4.78, 5) is 17.6. The first-order valence-corrected chi connectivity index (χ1v) is 9.76. The number of anilines is 2. The summed E-state index contributed by atoms with van der Waals surface area (Å²) in [6.07, 6.45) is 7.16. The standard InChI is InChI=1S/C18H23N7S/c1-12-9-16(23-18-19-10-13(2)26-18)22-17(21-12)15-5-3-4-8-25(15)11-14-6-7-20-24-14/h6-7,9-10,15H,3-5,8,11H2,1-2H3,(H,20,24)(H,19,21,22,23). The van der Waals surface area contributed by atoms with E-state index in [1.165, 1.54) is 17.7 Å². The lowest BCUT2D eigenvalue weighted by Crippen LogP contribution is -2.34. The van der Waals surface area contributed by atoms with E-state index >= 15 is 0 Å². The van der Waals surface area contributed by atoms with Crippen molar-refractivity contribution in [1.82, 2.24) is 30.0 Å². The van der Waals surface area contributed by atoms with Crippen LogP contribution in [-0.4, -0.2) is 36.6 Å². The first kappa shape index (κ1) is 17.1. The molecule has 1 aliphatic heterocycles. The van der Waals surface area contributed by atoms with Gasteiger partial charge in [0, 0.05) is 41.3 Å². The first-order chi connectivity index (χ1) is 12.7. The fourth-order valence-electron chi connectivity index (χ4n) is 3.39. The lowest BCUT2D eigenvalue weighted by molar-refractivity contribution is 0.132. The Morgan fingerprint density at radius 3 is 3.00 bits per heavy atom. The number of likely N-dealkylation sites (tertiary alicyclic amines) is 1. The van der Waals surface area contributed by atoms with E-state index in [0.29, 0.717) is 0 Å². The molecule has 2 N–H and O–H groups in total. The SMILES string of the molecule is Cc1cc(Nc2ncc(C)s2)nc(C2CCCCN2Cc2ccn[nH]2)n1. The minimum Gasteiger partial charge on any atom is -0.316 e. The highest BCUT2D eigenvalue weighted by atomic mass is 32.1. The summed E-state index contributed by atoms with van der Waals surface area (Å²) in [5, 5.41) is 11.3. The van der Waals surface area contributed by atoms with Crippen molar-refractivity contribution in [2.75, 3.05) is 11.9 Å². The molecule has 0 aliphatic carbocycles. The molecule has 0 spiro atoms. The molecule has 8 heteroatoms. The number of hydrogen-bond donors (Lipinski definition) is 2. The maximum Gasteiger partial charge on any atom is 0.188 e. The number of aryl methyl sites for hydroxylation is 2. The second-order valence-electron chi connectivity index (χ2n) is 6.72. The zero-order valence-corrected chi connectivity index (χ0v) is 15.9. The van der Waals surface area contributed by atoms with Gasteiger partial charge in [-0.2, -0.15) is 5.10 Å². The van der Waals surface area contributed by atoms with Gasteiger partial charge >= 0.3 is 0 Å². The highest BCUT2D eigenvalue weighted by molar-refractivity contribution is 7.15. The Morgan fingerprint density at radius 1 is 1.31 bits per heavy atom. The Hall–Kier alpha value is -2.32. The van der Waals surface area contributed by atoms with Crippen molar-refractivity contribution in [3.8, 4) is 0 Å². The van der Waals surface area contributed by atoms with Gasteiger partial charge in [-0.1, -0.05) is 6.42 Å². The quantitative estimate of drug-likeness (QED) is 0.713. The normalized spacial score (nSPS) is 18.2. The lowest BCUT2D eigenvalue weighted by Gasteiger charge is -2.34. The van der Waals surface area contributed by atoms with Crippen molar-refractivity contribution in [3.63, 3.8) is 0 Å². The average Bonchev–Trinajstić information content (AvgIpc) is 3.27. The molecule has 1 atom stereocenters. The zero-order valence-electron chi connectivity index (χ0n) is 15.1. The van der Waals surface area contributed by atoms with Crippen LogP contribution in [0, 0.1) is 13.8 Å². The number of piperidine rings is 1. The smallest absolute Gasteiger partial charge is 0.188 e. The third kappa shape index (κ3) is 3.91. The van der Waals surface area contributed by atoms with Gasteiger partial charge in [0.15, 0.2) is 5.13 Å². The fraction of sp³-hybridized carbons (Fsp3) is 0.444. The molecule has 0 bridgehead atoms. The molecule has 4 rings (SSSR count). The summed E-state index contributed by atoms with van der Waals surface area (Å²) < 4.78 is 0. The lowest BCUT2D eigenvalue weighted by atomic mass is 10.0. The number of hydrogen-bond acceptors (Lipinski definition) is 7. The van der Waals surface area contributed by atoms with Crippen LogP contribution >= 0.6 is 11.3 Å². The zero-order chi connectivity index (χ0) is 17.9. The van der Waals surface area contributed by atoms with Crippen LogP contribution in [0.1, 0.15) is 47.4 Å². The molecule has 1 aliphatic rings. The van der Waals surface area contributed by atoms with E-state index in [0.717, 1.165) is 47.7 Å². The first-order valence-electron chi connectivity index (χ1n) is 8.95. The topological polar surface area (TPSA) is 82.6 Å². The van der Waals surface area contributed by atoms with E-state index in [-0.39, 0.29) is 6.04 Å². The molecular weight excluding hydrogens is 346 g/mol. The van der Waals surface area contributed by atoms with Crippen molar-refractivity contribution in [2.24, 2.45) is 0 Å². The third-order valence-corrected chi connectivity index (χ3v) is 5.40. The van der Waals surface area contributed by atoms with Crippen molar-refractivity contribution >= 4 is 22.3 Å². The van der Waals surface area contributed by atoms with Crippen LogP contribution in [0.3, 0.4) is 0 Å². The van der Waals surface area contributed by atoms with Gasteiger partial charge in [0.25, 0.3) is 0 Å². The highest BCUT2D eigenvalue weighted by Crippen LogP contribution is 2.31. The molecule has 0 aromatic carbocycles. The summed E-state index contributed by atoms with van der Waals surface area (Å²) >= 11 is 1.63. The molecular formula is C18H23N7S.